The fraction of sp³-hybridized carbons (Fsp3) is 0.727. The van der Waals surface area contributed by atoms with Gasteiger partial charge in [0, 0.05) is 26.2 Å². The van der Waals surface area contributed by atoms with E-state index in [1.54, 1.807) is 4.90 Å². The first-order valence-corrected chi connectivity index (χ1v) is 6.41. The number of carboxylic acids is 1. The molecule has 0 aromatic rings. The Hall–Kier alpha value is -2.03. The van der Waals surface area contributed by atoms with Gasteiger partial charge in [0.15, 0.2) is 6.04 Å². The van der Waals surface area contributed by atoms with E-state index in [0.717, 1.165) is 0 Å². The topological polar surface area (TPSA) is 122 Å². The van der Waals surface area contributed by atoms with E-state index in [4.69, 9.17) is 5.11 Å². The molecule has 112 valence electrons. The third-order valence-corrected chi connectivity index (χ3v) is 3.55. The number of nitrogens with one attached hydrogen (secondary N) is 2. The van der Waals surface area contributed by atoms with Gasteiger partial charge < -0.3 is 30.6 Å². The summed E-state index contributed by atoms with van der Waals surface area (Å²) >= 11 is 0. The van der Waals surface area contributed by atoms with Crippen molar-refractivity contribution < 1.29 is 24.6 Å². The maximum absolute atomic E-state index is 12.0. The van der Waals surface area contributed by atoms with Crippen LogP contribution in [0.3, 0.4) is 0 Å². The lowest BCUT2D eigenvalue weighted by atomic mass is 10.2. The molecule has 0 radical (unpaired) electrons. The number of carbonyl (C=O) groups is 3. The van der Waals surface area contributed by atoms with Gasteiger partial charge in [0.05, 0.1) is 12.1 Å². The van der Waals surface area contributed by atoms with E-state index in [9.17, 15) is 19.5 Å². The minimum atomic E-state index is -1.34. The average molecular weight is 286 g/mol. The number of rotatable bonds is 3. The number of piperazine rings is 1. The summed E-state index contributed by atoms with van der Waals surface area (Å²) in [6, 6.07) is -2.11. The standard InChI is InChI=1S/C11H18N4O5/c1-6(16)8(9(17)18)13-11(20)14-2-3-15-7(5-14)4-12-10(15)19/h6-8,16H,2-5H2,1H3,(H,12,19)(H,13,20)(H,17,18)/t6-,7?,8+/m1/s1. The number of aliphatic carboxylic acids is 1. The summed E-state index contributed by atoms with van der Waals surface area (Å²) in [4.78, 5) is 37.5. The SMILES string of the molecule is C[C@@H](O)[C@H](NC(=O)N1CCN2C(=O)NCC2C1)C(=O)O. The van der Waals surface area contributed by atoms with Gasteiger partial charge in [0.25, 0.3) is 0 Å². The zero-order valence-corrected chi connectivity index (χ0v) is 11.1. The Morgan fingerprint density at radius 2 is 2.15 bits per heavy atom. The highest BCUT2D eigenvalue weighted by molar-refractivity contribution is 5.83. The van der Waals surface area contributed by atoms with Crippen LogP contribution in [0, 0.1) is 0 Å². The first kappa shape index (κ1) is 14.4. The van der Waals surface area contributed by atoms with Gasteiger partial charge in [0.2, 0.25) is 0 Å². The lowest BCUT2D eigenvalue weighted by Gasteiger charge is -2.36. The molecule has 9 heteroatoms. The van der Waals surface area contributed by atoms with E-state index < -0.39 is 24.1 Å². The molecular formula is C11H18N4O5. The van der Waals surface area contributed by atoms with Crippen LogP contribution in [0.4, 0.5) is 9.59 Å². The number of carboxylic acid groups (broad SMARTS) is 1. The number of fused-ring (bicyclic) bond motifs is 1. The molecule has 0 aromatic carbocycles. The molecule has 4 amide bonds. The Bertz CT molecular complexity index is 427. The number of hydrogen-bond acceptors (Lipinski definition) is 4. The van der Waals surface area contributed by atoms with Crippen LogP contribution in [0.2, 0.25) is 0 Å². The smallest absolute Gasteiger partial charge is 0.328 e. The lowest BCUT2D eigenvalue weighted by molar-refractivity contribution is -0.141. The molecule has 0 aliphatic carbocycles. The summed E-state index contributed by atoms with van der Waals surface area (Å²) < 4.78 is 0. The Morgan fingerprint density at radius 1 is 1.45 bits per heavy atom. The number of aliphatic hydroxyl groups is 1. The third-order valence-electron chi connectivity index (χ3n) is 3.55. The highest BCUT2D eigenvalue weighted by atomic mass is 16.4. The molecule has 20 heavy (non-hydrogen) atoms. The van der Waals surface area contributed by atoms with Crippen LogP contribution in [-0.2, 0) is 4.79 Å². The van der Waals surface area contributed by atoms with Gasteiger partial charge in [-0.1, -0.05) is 0 Å². The van der Waals surface area contributed by atoms with Crippen molar-refractivity contribution in [3.8, 4) is 0 Å². The molecule has 9 nitrogen and oxygen atoms in total. The zero-order chi connectivity index (χ0) is 14.9. The van der Waals surface area contributed by atoms with Crippen LogP contribution in [-0.4, -0.2) is 82.4 Å². The van der Waals surface area contributed by atoms with Gasteiger partial charge in [-0.3, -0.25) is 0 Å². The summed E-state index contributed by atoms with van der Waals surface area (Å²) in [5.41, 5.74) is 0. The predicted molar refractivity (Wildman–Crippen MR) is 67.1 cm³/mol. The second-order valence-electron chi connectivity index (χ2n) is 4.99. The largest absolute Gasteiger partial charge is 0.480 e. The van der Waals surface area contributed by atoms with Gasteiger partial charge in [0.1, 0.15) is 0 Å². The maximum atomic E-state index is 12.0. The molecule has 2 rings (SSSR count). The first-order valence-electron chi connectivity index (χ1n) is 6.41. The third kappa shape index (κ3) is 2.77. The van der Waals surface area contributed by atoms with Gasteiger partial charge in [-0.15, -0.1) is 0 Å². The molecule has 0 saturated carbocycles. The molecule has 2 fully saturated rings. The van der Waals surface area contributed by atoms with Crippen LogP contribution in [0.1, 0.15) is 6.92 Å². The molecule has 0 aromatic heterocycles. The number of hydrogen-bond donors (Lipinski definition) is 4. The first-order chi connectivity index (χ1) is 9.40. The molecule has 2 heterocycles. The summed E-state index contributed by atoms with van der Waals surface area (Å²) in [5.74, 6) is -1.29. The van der Waals surface area contributed by atoms with Crippen LogP contribution in [0.5, 0.6) is 0 Å². The fourth-order valence-corrected chi connectivity index (χ4v) is 2.40. The molecule has 1 unspecified atom stereocenters. The van der Waals surface area contributed by atoms with Crippen molar-refractivity contribution in [3.05, 3.63) is 0 Å². The van der Waals surface area contributed by atoms with Gasteiger partial charge in [-0.2, -0.15) is 0 Å². The summed E-state index contributed by atoms with van der Waals surface area (Å²) in [6.45, 7) is 2.87. The van der Waals surface area contributed by atoms with Crippen molar-refractivity contribution in [2.24, 2.45) is 0 Å². The highest BCUT2D eigenvalue weighted by Crippen LogP contribution is 2.14. The normalized spacial score (nSPS) is 24.7. The molecule has 4 N–H and O–H groups in total. The molecule has 2 aliphatic heterocycles. The number of amides is 4. The maximum Gasteiger partial charge on any atom is 0.328 e. The van der Waals surface area contributed by atoms with Gasteiger partial charge >= 0.3 is 18.0 Å². The minimum Gasteiger partial charge on any atom is -0.480 e. The number of urea groups is 2. The molecule has 2 saturated heterocycles. The van der Waals surface area contributed by atoms with E-state index in [-0.39, 0.29) is 12.1 Å². The Morgan fingerprint density at radius 3 is 2.75 bits per heavy atom. The molecule has 0 bridgehead atoms. The van der Waals surface area contributed by atoms with Crippen LogP contribution in [0.15, 0.2) is 0 Å². The molecular weight excluding hydrogens is 268 g/mol. The summed E-state index contributed by atoms with van der Waals surface area (Å²) in [7, 11) is 0. The number of aliphatic hydroxyl groups excluding tert-OH is 1. The van der Waals surface area contributed by atoms with E-state index in [2.05, 4.69) is 10.6 Å². The van der Waals surface area contributed by atoms with E-state index in [1.165, 1.54) is 11.8 Å². The highest BCUT2D eigenvalue weighted by Gasteiger charge is 2.37. The number of nitrogens with zero attached hydrogens (tertiary/aromatic N) is 2. The Kier molecular flexibility index (Phi) is 3.98. The van der Waals surface area contributed by atoms with Gasteiger partial charge in [-0.05, 0) is 6.92 Å². The van der Waals surface area contributed by atoms with Crippen LogP contribution >= 0.6 is 0 Å². The van der Waals surface area contributed by atoms with E-state index in [1.807, 2.05) is 0 Å². The van der Waals surface area contributed by atoms with E-state index >= 15 is 0 Å². The van der Waals surface area contributed by atoms with Crippen molar-refractivity contribution in [3.63, 3.8) is 0 Å². The zero-order valence-electron chi connectivity index (χ0n) is 11.1. The van der Waals surface area contributed by atoms with E-state index in [0.29, 0.717) is 26.2 Å². The van der Waals surface area contributed by atoms with Crippen molar-refractivity contribution >= 4 is 18.0 Å². The lowest BCUT2D eigenvalue weighted by Crippen LogP contribution is -2.59. The minimum absolute atomic E-state index is 0.0863. The average Bonchev–Trinajstić information content (AvgIpc) is 2.76. The predicted octanol–water partition coefficient (Wildman–Crippen LogP) is -1.76. The summed E-state index contributed by atoms with van der Waals surface area (Å²) in [5, 5.41) is 23.2. The van der Waals surface area contributed by atoms with Crippen molar-refractivity contribution in [1.29, 1.82) is 0 Å². The summed E-state index contributed by atoms with van der Waals surface area (Å²) in [6.07, 6.45) is -1.19. The van der Waals surface area contributed by atoms with Crippen molar-refractivity contribution in [2.45, 2.75) is 25.1 Å². The van der Waals surface area contributed by atoms with Crippen LogP contribution < -0.4 is 10.6 Å². The van der Waals surface area contributed by atoms with Crippen molar-refractivity contribution in [2.75, 3.05) is 26.2 Å². The Labute approximate surface area is 115 Å². The second-order valence-corrected chi connectivity index (χ2v) is 4.99. The molecule has 3 atom stereocenters. The van der Waals surface area contributed by atoms with Crippen LogP contribution in [0.25, 0.3) is 0 Å². The molecule has 0 spiro atoms. The fourth-order valence-electron chi connectivity index (χ4n) is 2.40. The quantitative estimate of drug-likeness (QED) is 0.489. The number of carbonyl (C=O) groups excluding carboxylic acids is 2. The molecule has 2 aliphatic rings. The van der Waals surface area contributed by atoms with Gasteiger partial charge in [-0.25, -0.2) is 14.4 Å². The van der Waals surface area contributed by atoms with Crippen molar-refractivity contribution in [1.82, 2.24) is 20.4 Å². The second kappa shape index (κ2) is 5.53. The Balaban J connectivity index is 1.94. The monoisotopic (exact) mass is 286 g/mol.